The smallest absolute Gasteiger partial charge is 0.321 e. The molecule has 0 aliphatic carbocycles. The molecule has 5 N–H and O–H groups in total. The number of carbonyl (C=O) groups is 4. The molecule has 0 aliphatic rings. The zero-order valence-electron chi connectivity index (χ0n) is 10.5. The average Bonchev–Trinajstić information content (AvgIpc) is 2.24. The second kappa shape index (κ2) is 7.40. The van der Waals surface area contributed by atoms with E-state index in [0.717, 1.165) is 6.92 Å². The maximum Gasteiger partial charge on any atom is 0.321 e. The molecule has 10 heteroatoms. The largest absolute Gasteiger partial charge is 0.481 e. The summed E-state index contributed by atoms with van der Waals surface area (Å²) in [4.78, 5) is 43.8. The average molecular weight is 293 g/mol. The first-order chi connectivity index (χ1) is 9.07. The number of nitrogens with zero attached hydrogens (tertiary/aromatic N) is 1. The summed E-state index contributed by atoms with van der Waals surface area (Å²) in [5.74, 6) is -6.40. The van der Waals surface area contributed by atoms with Gasteiger partial charge in [-0.05, 0) is 6.92 Å². The van der Waals surface area contributed by atoms with E-state index in [1.54, 1.807) is 0 Å². The molecule has 3 unspecified atom stereocenters. The Labute approximate surface area is 112 Å². The fourth-order valence-electron chi connectivity index (χ4n) is 1.71. The van der Waals surface area contributed by atoms with Crippen molar-refractivity contribution in [3.63, 3.8) is 0 Å². The molecule has 0 spiro atoms. The number of carboxylic acids is 4. The maximum atomic E-state index is 11.0. The fourth-order valence-corrected chi connectivity index (χ4v) is 1.71. The van der Waals surface area contributed by atoms with Gasteiger partial charge in [0, 0.05) is 0 Å². The SMILES string of the molecule is CC(O)N(C(CC(=O)O)C(=O)O)C(CC(=O)O)C(=O)O. The van der Waals surface area contributed by atoms with Crippen molar-refractivity contribution in [1.29, 1.82) is 0 Å². The summed E-state index contributed by atoms with van der Waals surface area (Å²) in [5.41, 5.74) is 0. The third kappa shape index (κ3) is 5.20. The third-order valence-corrected chi connectivity index (χ3v) is 2.46. The highest BCUT2D eigenvalue weighted by Crippen LogP contribution is 2.17. The van der Waals surface area contributed by atoms with Gasteiger partial charge in [0.05, 0.1) is 12.8 Å². The summed E-state index contributed by atoms with van der Waals surface area (Å²) in [6, 6.07) is -3.74. The number of aliphatic hydroxyl groups excluding tert-OH is 1. The first-order valence-electron chi connectivity index (χ1n) is 5.42. The molecule has 20 heavy (non-hydrogen) atoms. The number of aliphatic hydroxyl groups is 1. The fraction of sp³-hybridized carbons (Fsp3) is 0.600. The minimum atomic E-state index is -1.87. The van der Waals surface area contributed by atoms with Gasteiger partial charge in [0.25, 0.3) is 0 Å². The van der Waals surface area contributed by atoms with Crippen LogP contribution in [0.1, 0.15) is 19.8 Å². The predicted octanol–water partition coefficient (Wildman–Crippen LogP) is -1.52. The van der Waals surface area contributed by atoms with Gasteiger partial charge in [0.2, 0.25) is 0 Å². The monoisotopic (exact) mass is 293 g/mol. The second-order valence-corrected chi connectivity index (χ2v) is 3.98. The lowest BCUT2D eigenvalue weighted by Crippen LogP contribution is -2.56. The molecule has 0 bridgehead atoms. The first-order valence-corrected chi connectivity index (χ1v) is 5.42. The van der Waals surface area contributed by atoms with Crippen LogP contribution in [-0.2, 0) is 19.2 Å². The van der Waals surface area contributed by atoms with Crippen LogP contribution in [-0.4, -0.2) is 72.6 Å². The summed E-state index contributed by atoms with van der Waals surface area (Å²) < 4.78 is 0. The zero-order chi connectivity index (χ0) is 16.0. The van der Waals surface area contributed by atoms with Crippen molar-refractivity contribution >= 4 is 23.9 Å². The molecule has 0 aromatic rings. The number of hydrogen-bond acceptors (Lipinski definition) is 6. The topological polar surface area (TPSA) is 173 Å². The van der Waals surface area contributed by atoms with E-state index in [-0.39, 0.29) is 0 Å². The van der Waals surface area contributed by atoms with E-state index in [9.17, 15) is 24.3 Å². The molecule has 0 fully saturated rings. The molecular weight excluding hydrogens is 278 g/mol. The quantitative estimate of drug-likeness (QED) is 0.314. The minimum Gasteiger partial charge on any atom is -0.481 e. The van der Waals surface area contributed by atoms with E-state index < -0.39 is 55.0 Å². The van der Waals surface area contributed by atoms with Crippen molar-refractivity contribution < 1.29 is 44.7 Å². The van der Waals surface area contributed by atoms with Crippen LogP contribution in [0.2, 0.25) is 0 Å². The highest BCUT2D eigenvalue weighted by molar-refractivity contribution is 5.84. The van der Waals surface area contributed by atoms with Gasteiger partial charge in [-0.15, -0.1) is 0 Å². The summed E-state index contributed by atoms with van der Waals surface area (Å²) in [7, 11) is 0. The van der Waals surface area contributed by atoms with Crippen molar-refractivity contribution in [3.05, 3.63) is 0 Å². The Morgan fingerprint density at radius 2 is 1.15 bits per heavy atom. The summed E-state index contributed by atoms with van der Waals surface area (Å²) in [6.45, 7) is 1.02. The maximum absolute atomic E-state index is 11.0. The van der Waals surface area contributed by atoms with E-state index in [2.05, 4.69) is 0 Å². The molecule has 114 valence electrons. The van der Waals surface area contributed by atoms with Crippen LogP contribution in [0.15, 0.2) is 0 Å². The van der Waals surface area contributed by atoms with Crippen molar-refractivity contribution in [1.82, 2.24) is 4.90 Å². The predicted molar refractivity (Wildman–Crippen MR) is 60.9 cm³/mol. The van der Waals surface area contributed by atoms with Gasteiger partial charge in [0.1, 0.15) is 18.3 Å². The number of carboxylic acid groups (broad SMARTS) is 4. The van der Waals surface area contributed by atoms with E-state index in [1.807, 2.05) is 0 Å². The number of rotatable bonds is 9. The van der Waals surface area contributed by atoms with Crippen LogP contribution in [0.3, 0.4) is 0 Å². The van der Waals surface area contributed by atoms with Crippen molar-refractivity contribution in [2.24, 2.45) is 0 Å². The molecular formula is C10H15NO9. The van der Waals surface area contributed by atoms with E-state index in [0.29, 0.717) is 4.90 Å². The Balaban J connectivity index is 5.53. The van der Waals surface area contributed by atoms with Crippen LogP contribution in [0, 0.1) is 0 Å². The van der Waals surface area contributed by atoms with Gasteiger partial charge in [-0.2, -0.15) is 0 Å². The van der Waals surface area contributed by atoms with E-state index >= 15 is 0 Å². The number of aliphatic carboxylic acids is 4. The van der Waals surface area contributed by atoms with Gasteiger partial charge in [-0.25, -0.2) is 0 Å². The van der Waals surface area contributed by atoms with Gasteiger partial charge >= 0.3 is 23.9 Å². The van der Waals surface area contributed by atoms with Crippen molar-refractivity contribution in [3.8, 4) is 0 Å². The second-order valence-electron chi connectivity index (χ2n) is 3.98. The summed E-state index contributed by atoms with van der Waals surface area (Å²) in [5, 5.41) is 44.7. The van der Waals surface area contributed by atoms with E-state index in [1.165, 1.54) is 0 Å². The minimum absolute atomic E-state index is 0.437. The highest BCUT2D eigenvalue weighted by atomic mass is 16.4. The van der Waals surface area contributed by atoms with Crippen LogP contribution in [0.4, 0.5) is 0 Å². The molecule has 3 atom stereocenters. The molecule has 0 aliphatic heterocycles. The standard InChI is InChI=1S/C10H15NO9/c1-4(12)11(5(9(17)18)2-7(13)14)6(10(19)20)3-8(15)16/h4-6,12H,2-3H2,1H3,(H,13,14)(H,15,16)(H,17,18)(H,19,20). The third-order valence-electron chi connectivity index (χ3n) is 2.46. The van der Waals surface area contributed by atoms with Gasteiger partial charge < -0.3 is 25.5 Å². The summed E-state index contributed by atoms with van der Waals surface area (Å²) in [6.07, 6.45) is -3.62. The Kier molecular flexibility index (Phi) is 6.59. The molecule has 0 heterocycles. The van der Waals surface area contributed by atoms with Crippen LogP contribution in [0.25, 0.3) is 0 Å². The Morgan fingerprint density at radius 3 is 1.30 bits per heavy atom. The van der Waals surface area contributed by atoms with Gasteiger partial charge in [0.15, 0.2) is 0 Å². The molecule has 0 rings (SSSR count). The molecule has 0 saturated heterocycles. The van der Waals surface area contributed by atoms with Crippen LogP contribution < -0.4 is 0 Å². The van der Waals surface area contributed by atoms with Gasteiger partial charge in [-0.1, -0.05) is 0 Å². The molecule has 0 amide bonds. The van der Waals surface area contributed by atoms with Crippen molar-refractivity contribution in [2.45, 2.75) is 38.1 Å². The molecule has 0 aromatic heterocycles. The van der Waals surface area contributed by atoms with Gasteiger partial charge in [-0.3, -0.25) is 24.1 Å². The molecule has 10 nitrogen and oxygen atoms in total. The van der Waals surface area contributed by atoms with E-state index in [4.69, 9.17) is 20.4 Å². The highest BCUT2D eigenvalue weighted by Gasteiger charge is 2.40. The lowest BCUT2D eigenvalue weighted by Gasteiger charge is -2.34. The van der Waals surface area contributed by atoms with Crippen LogP contribution >= 0.6 is 0 Å². The lowest BCUT2D eigenvalue weighted by atomic mass is 10.1. The van der Waals surface area contributed by atoms with Crippen molar-refractivity contribution in [2.75, 3.05) is 0 Å². The molecule has 0 radical (unpaired) electrons. The number of hydrogen-bond donors (Lipinski definition) is 5. The lowest BCUT2D eigenvalue weighted by molar-refractivity contribution is -0.167. The zero-order valence-corrected chi connectivity index (χ0v) is 10.5. The summed E-state index contributed by atoms with van der Waals surface area (Å²) >= 11 is 0. The first kappa shape index (κ1) is 17.8. The Morgan fingerprint density at radius 1 is 0.850 bits per heavy atom. The molecule has 0 aromatic carbocycles. The van der Waals surface area contributed by atoms with Crippen LogP contribution in [0.5, 0.6) is 0 Å². The Hall–Kier alpha value is -2.20. The molecule has 0 saturated carbocycles. The Bertz CT molecular complexity index is 372. The normalized spacial score (nSPS) is 15.3.